The minimum atomic E-state index is -1.40. The summed E-state index contributed by atoms with van der Waals surface area (Å²) in [6.07, 6.45) is 2.00. The van der Waals surface area contributed by atoms with Gasteiger partial charge in [0.1, 0.15) is 12.4 Å². The highest BCUT2D eigenvalue weighted by atomic mass is 19.1. The van der Waals surface area contributed by atoms with E-state index in [1.54, 1.807) is 36.1 Å². The number of amides is 1. The lowest BCUT2D eigenvalue weighted by Crippen LogP contribution is -2.59. The maximum absolute atomic E-state index is 13.8. The number of nitrogens with two attached hydrogens (primary N) is 1. The normalized spacial score (nSPS) is 24.2. The second-order valence-electron chi connectivity index (χ2n) is 9.14. The molecular weight excluding hydrogens is 447 g/mol. The molecule has 2 fully saturated rings. The van der Waals surface area contributed by atoms with E-state index in [0.29, 0.717) is 50.4 Å². The summed E-state index contributed by atoms with van der Waals surface area (Å²) in [5.41, 5.74) is 1.99. The van der Waals surface area contributed by atoms with Crippen LogP contribution in [0.2, 0.25) is 0 Å². The fourth-order valence-electron chi connectivity index (χ4n) is 4.85. The first kappa shape index (κ1) is 24.1. The lowest BCUT2D eigenvalue weighted by atomic mass is 9.75. The number of benzene rings is 1. The third-order valence-corrected chi connectivity index (χ3v) is 6.63. The molecule has 2 aromatic rings. The first-order chi connectivity index (χ1) is 16.1. The molecular formula is C23H29FN4O6. The monoisotopic (exact) mass is 476 g/mol. The molecule has 0 aliphatic carbocycles. The molecule has 0 unspecified atom stereocenters. The molecule has 2 saturated heterocycles. The Balaban J connectivity index is 1.43. The summed E-state index contributed by atoms with van der Waals surface area (Å²) in [5, 5.41) is 11.2. The molecule has 1 spiro atoms. The van der Waals surface area contributed by atoms with Crippen LogP contribution in [0.3, 0.4) is 0 Å². The van der Waals surface area contributed by atoms with Gasteiger partial charge >= 0.3 is 5.69 Å². The topological polar surface area (TPSA) is 140 Å². The van der Waals surface area contributed by atoms with E-state index in [2.05, 4.69) is 0 Å². The molecule has 1 aromatic heterocycles. The molecule has 4 rings (SSSR count). The number of hydrogen-bond acceptors (Lipinski definition) is 7. The SMILES string of the molecule is C[C@]1(O)CC2(CCN(C(=O)c3cccc(OCCN)c3)CC2)OC[C@@H]1n1cc(F)c(=O)[nH]c1=O. The van der Waals surface area contributed by atoms with Gasteiger partial charge in [0, 0.05) is 31.6 Å². The highest BCUT2D eigenvalue weighted by Gasteiger charge is 2.50. The van der Waals surface area contributed by atoms with Crippen LogP contribution in [0.25, 0.3) is 0 Å². The van der Waals surface area contributed by atoms with Gasteiger partial charge in [-0.25, -0.2) is 4.79 Å². The van der Waals surface area contributed by atoms with Crippen LogP contribution in [0.5, 0.6) is 5.75 Å². The summed E-state index contributed by atoms with van der Waals surface area (Å²) in [6, 6.07) is 6.08. The highest BCUT2D eigenvalue weighted by molar-refractivity contribution is 5.94. The zero-order valence-electron chi connectivity index (χ0n) is 19.0. The number of nitrogens with zero attached hydrogens (tertiary/aromatic N) is 2. The summed E-state index contributed by atoms with van der Waals surface area (Å²) < 4.78 is 26.4. The molecule has 1 aromatic carbocycles. The summed E-state index contributed by atoms with van der Waals surface area (Å²) in [4.78, 5) is 40.2. The van der Waals surface area contributed by atoms with Gasteiger partial charge in [0.2, 0.25) is 5.82 Å². The molecule has 34 heavy (non-hydrogen) atoms. The Morgan fingerprint density at radius 3 is 2.76 bits per heavy atom. The Hall–Kier alpha value is -3.02. The van der Waals surface area contributed by atoms with Crippen LogP contribution < -0.4 is 21.7 Å². The van der Waals surface area contributed by atoms with Crippen LogP contribution >= 0.6 is 0 Å². The lowest BCUT2D eigenvalue weighted by molar-refractivity contribution is -0.195. The van der Waals surface area contributed by atoms with Gasteiger partial charge in [-0.05, 0) is 38.0 Å². The van der Waals surface area contributed by atoms with Crippen molar-refractivity contribution < 1.29 is 23.8 Å². The Bertz CT molecular complexity index is 1170. The van der Waals surface area contributed by atoms with E-state index >= 15 is 0 Å². The summed E-state index contributed by atoms with van der Waals surface area (Å²) >= 11 is 0. The number of ether oxygens (including phenoxy) is 2. The maximum Gasteiger partial charge on any atom is 0.328 e. The number of carbonyl (C=O) groups is 1. The van der Waals surface area contributed by atoms with E-state index in [0.717, 1.165) is 10.8 Å². The molecule has 0 bridgehead atoms. The van der Waals surface area contributed by atoms with Crippen LogP contribution in [0, 0.1) is 5.82 Å². The second kappa shape index (κ2) is 9.32. The van der Waals surface area contributed by atoms with E-state index in [1.807, 2.05) is 4.98 Å². The van der Waals surface area contributed by atoms with Crippen LogP contribution in [-0.2, 0) is 4.74 Å². The van der Waals surface area contributed by atoms with Gasteiger partial charge in [0.15, 0.2) is 0 Å². The van der Waals surface area contributed by atoms with Crippen LogP contribution in [0.4, 0.5) is 4.39 Å². The van der Waals surface area contributed by atoms with E-state index in [4.69, 9.17) is 15.2 Å². The molecule has 11 heteroatoms. The molecule has 2 atom stereocenters. The Kier molecular flexibility index (Phi) is 6.61. The van der Waals surface area contributed by atoms with E-state index in [-0.39, 0.29) is 18.9 Å². The second-order valence-corrected chi connectivity index (χ2v) is 9.14. The molecule has 0 radical (unpaired) electrons. The van der Waals surface area contributed by atoms with Crippen molar-refractivity contribution in [3.63, 3.8) is 0 Å². The fourth-order valence-corrected chi connectivity index (χ4v) is 4.85. The predicted octanol–water partition coefficient (Wildman–Crippen LogP) is 0.401. The van der Waals surface area contributed by atoms with Crippen molar-refractivity contribution in [3.8, 4) is 5.75 Å². The molecule has 2 aliphatic heterocycles. The van der Waals surface area contributed by atoms with Crippen molar-refractivity contribution in [1.29, 1.82) is 0 Å². The number of aromatic nitrogens is 2. The van der Waals surface area contributed by atoms with Crippen molar-refractivity contribution in [2.45, 2.75) is 43.4 Å². The number of aliphatic hydroxyl groups is 1. The van der Waals surface area contributed by atoms with Gasteiger partial charge in [-0.15, -0.1) is 0 Å². The van der Waals surface area contributed by atoms with Gasteiger partial charge in [-0.2, -0.15) is 4.39 Å². The highest BCUT2D eigenvalue weighted by Crippen LogP contribution is 2.43. The van der Waals surface area contributed by atoms with Crippen molar-refractivity contribution in [3.05, 3.63) is 62.7 Å². The summed E-state index contributed by atoms with van der Waals surface area (Å²) in [7, 11) is 0. The standard InChI is InChI=1S/C23H29FN4O6/c1-22(32)14-23(34-13-18(22)28-12-17(24)19(29)26-21(28)31)5-8-27(9-6-23)20(30)15-3-2-4-16(11-15)33-10-7-25/h2-4,11-12,18,32H,5-10,13-14,25H2,1H3,(H,26,29,31)/t18-,22-/m0/s1. The van der Waals surface area contributed by atoms with Crippen molar-refractivity contribution in [1.82, 2.24) is 14.5 Å². The van der Waals surface area contributed by atoms with Gasteiger partial charge < -0.3 is 25.2 Å². The van der Waals surface area contributed by atoms with Crippen LogP contribution in [0.1, 0.15) is 42.6 Å². The number of rotatable bonds is 5. The van der Waals surface area contributed by atoms with Crippen molar-refractivity contribution in [2.24, 2.45) is 5.73 Å². The lowest BCUT2D eigenvalue weighted by Gasteiger charge is -2.51. The van der Waals surface area contributed by atoms with Gasteiger partial charge in [0.05, 0.1) is 30.0 Å². The van der Waals surface area contributed by atoms with Crippen molar-refractivity contribution >= 4 is 5.91 Å². The number of nitrogens with one attached hydrogen (secondary N) is 1. The fraction of sp³-hybridized carbons (Fsp3) is 0.522. The first-order valence-corrected chi connectivity index (χ1v) is 11.2. The number of carbonyl (C=O) groups excluding carboxylic acids is 1. The minimum Gasteiger partial charge on any atom is -0.492 e. The van der Waals surface area contributed by atoms with Gasteiger partial charge in [-0.1, -0.05) is 6.07 Å². The summed E-state index contributed by atoms with van der Waals surface area (Å²) in [6.45, 7) is 3.14. The molecule has 184 valence electrons. The largest absolute Gasteiger partial charge is 0.492 e. The van der Waals surface area contributed by atoms with Crippen LogP contribution in [0.15, 0.2) is 40.1 Å². The number of hydrogen-bond donors (Lipinski definition) is 3. The zero-order chi connectivity index (χ0) is 24.5. The quantitative estimate of drug-likeness (QED) is 0.568. The van der Waals surface area contributed by atoms with Crippen LogP contribution in [-0.4, -0.2) is 69.5 Å². The third-order valence-electron chi connectivity index (χ3n) is 6.63. The zero-order valence-corrected chi connectivity index (χ0v) is 19.0. The molecule has 4 N–H and O–H groups in total. The Morgan fingerprint density at radius 2 is 2.09 bits per heavy atom. The average molecular weight is 477 g/mol. The van der Waals surface area contributed by atoms with E-state index in [1.165, 1.54) is 0 Å². The summed E-state index contributed by atoms with van der Waals surface area (Å²) in [5.74, 6) is -0.653. The molecule has 2 aliphatic rings. The van der Waals surface area contributed by atoms with E-state index < -0.39 is 34.3 Å². The number of piperidine rings is 1. The molecule has 1 amide bonds. The smallest absolute Gasteiger partial charge is 0.328 e. The molecule has 0 saturated carbocycles. The third kappa shape index (κ3) is 4.77. The van der Waals surface area contributed by atoms with Gasteiger partial charge in [0.25, 0.3) is 11.5 Å². The Morgan fingerprint density at radius 1 is 1.35 bits per heavy atom. The molecule has 10 nitrogen and oxygen atoms in total. The van der Waals surface area contributed by atoms with Gasteiger partial charge in [-0.3, -0.25) is 19.1 Å². The first-order valence-electron chi connectivity index (χ1n) is 11.2. The predicted molar refractivity (Wildman–Crippen MR) is 120 cm³/mol. The van der Waals surface area contributed by atoms with E-state index in [9.17, 15) is 23.9 Å². The number of likely N-dealkylation sites (tertiary alicyclic amines) is 1. The maximum atomic E-state index is 13.8. The molecule has 3 heterocycles. The number of aromatic amines is 1. The number of H-pyrrole nitrogens is 1. The minimum absolute atomic E-state index is 0.0349. The average Bonchev–Trinajstić information content (AvgIpc) is 2.80. The van der Waals surface area contributed by atoms with Crippen molar-refractivity contribution in [2.75, 3.05) is 32.8 Å². The Labute approximate surface area is 195 Å². The number of halogens is 1.